The molecule has 4 aliphatic rings. The highest BCUT2D eigenvalue weighted by molar-refractivity contribution is 8.02. The number of aliphatic hydroxyl groups excluding tert-OH is 1. The highest BCUT2D eigenvalue weighted by atomic mass is 32.2. The molecule has 0 aromatic carbocycles. The van der Waals surface area contributed by atoms with Crippen LogP contribution in [0.5, 0.6) is 0 Å². The van der Waals surface area contributed by atoms with E-state index in [4.69, 9.17) is 4.74 Å². The van der Waals surface area contributed by atoms with Crippen LogP contribution in [-0.4, -0.2) is 131 Å². The van der Waals surface area contributed by atoms with Crippen LogP contribution in [0.25, 0.3) is 0 Å². The van der Waals surface area contributed by atoms with Crippen LogP contribution >= 0.6 is 11.8 Å². The molecule has 0 aromatic rings. The minimum Gasteiger partial charge on any atom is -0.396 e. The second-order valence-corrected chi connectivity index (χ2v) is 11.8. The number of carbonyl (C=O) groups excluding carboxylic acids is 3. The number of amides is 3. The summed E-state index contributed by atoms with van der Waals surface area (Å²) in [5.74, 6) is -1.18. The average molecular weight is 521 g/mol. The molecular formula is C26H40N4O5S. The smallest absolute Gasteiger partial charge is 0.247 e. The molecule has 4 rings (SSSR count). The van der Waals surface area contributed by atoms with Gasteiger partial charge in [0.15, 0.2) is 0 Å². The van der Waals surface area contributed by atoms with Gasteiger partial charge in [-0.15, -0.1) is 24.9 Å². The molecule has 3 amide bonds. The molecule has 2 bridgehead atoms. The molecule has 0 aliphatic carbocycles. The summed E-state index contributed by atoms with van der Waals surface area (Å²) in [6.45, 7) is 13.0. The van der Waals surface area contributed by atoms with Crippen LogP contribution in [-0.2, 0) is 19.1 Å². The Kier molecular flexibility index (Phi) is 8.80. The lowest BCUT2D eigenvalue weighted by Crippen LogP contribution is -2.56. The number of hydrogen-bond acceptors (Lipinski definition) is 7. The summed E-state index contributed by atoms with van der Waals surface area (Å²) >= 11 is 1.68. The second-order valence-electron chi connectivity index (χ2n) is 10.2. The molecule has 10 heteroatoms. The summed E-state index contributed by atoms with van der Waals surface area (Å²) in [4.78, 5) is 49.0. The predicted octanol–water partition coefficient (Wildman–Crippen LogP) is 0.451. The molecule has 9 nitrogen and oxygen atoms in total. The standard InChI is InChI=1S/C26H40N4O5S/c1-4-9-27(3)23(32)20-19-7-8-26(36-19)21(20)24(33)30(11-6-16-31)22(26)25(34)29(10-5-2)13-12-28-14-17-35-18-15-28/h4-5,19-22,31H,1-2,6-18H2,3H3/t19-,20+,21+,22?,26?/m1/s1. The lowest BCUT2D eigenvalue weighted by Gasteiger charge is -2.38. The number of ether oxygens (including phenoxy) is 1. The van der Waals surface area contributed by atoms with Crippen LogP contribution in [0.15, 0.2) is 25.3 Å². The van der Waals surface area contributed by atoms with Crippen LogP contribution in [0, 0.1) is 11.8 Å². The van der Waals surface area contributed by atoms with Crippen molar-refractivity contribution in [3.05, 3.63) is 25.3 Å². The van der Waals surface area contributed by atoms with E-state index in [0.29, 0.717) is 45.8 Å². The Morgan fingerprint density at radius 2 is 1.92 bits per heavy atom. The van der Waals surface area contributed by atoms with E-state index in [1.165, 1.54) is 0 Å². The Bertz CT molecular complexity index is 865. The van der Waals surface area contributed by atoms with Gasteiger partial charge in [0, 0.05) is 64.7 Å². The van der Waals surface area contributed by atoms with Gasteiger partial charge in [-0.25, -0.2) is 0 Å². The van der Waals surface area contributed by atoms with Crippen molar-refractivity contribution in [1.29, 1.82) is 0 Å². The van der Waals surface area contributed by atoms with Crippen LogP contribution in [0.2, 0.25) is 0 Å². The van der Waals surface area contributed by atoms with Gasteiger partial charge < -0.3 is 24.5 Å². The fraction of sp³-hybridized carbons (Fsp3) is 0.731. The SMILES string of the molecule is C=CCN(C)C(=O)[C@@H]1[C@H]2C(=O)N(CCCO)C(C(=O)N(CC=C)CCN3CCOCC3)C23CC[C@H]1S3. The molecule has 4 fully saturated rings. The highest BCUT2D eigenvalue weighted by Crippen LogP contribution is 2.66. The average Bonchev–Trinajstić information content (AvgIpc) is 3.52. The number of likely N-dealkylation sites (N-methyl/N-ethyl adjacent to an activating group) is 1. The van der Waals surface area contributed by atoms with Gasteiger partial charge in [-0.2, -0.15) is 0 Å². The molecule has 36 heavy (non-hydrogen) atoms. The summed E-state index contributed by atoms with van der Waals surface area (Å²) < 4.78 is 4.84. The Hall–Kier alpha value is -1.88. The van der Waals surface area contributed by atoms with Gasteiger partial charge in [0.05, 0.1) is 29.8 Å². The Labute approximate surface area is 218 Å². The van der Waals surface area contributed by atoms with Crippen LogP contribution in [0.3, 0.4) is 0 Å². The third-order valence-corrected chi connectivity index (χ3v) is 10.1. The van der Waals surface area contributed by atoms with E-state index in [-0.39, 0.29) is 29.6 Å². The zero-order chi connectivity index (χ0) is 25.9. The third kappa shape index (κ3) is 4.85. The Morgan fingerprint density at radius 1 is 1.19 bits per heavy atom. The van der Waals surface area contributed by atoms with E-state index < -0.39 is 22.6 Å². The van der Waals surface area contributed by atoms with Crippen molar-refractivity contribution in [2.24, 2.45) is 11.8 Å². The van der Waals surface area contributed by atoms with Crippen LogP contribution in [0.1, 0.15) is 19.3 Å². The summed E-state index contributed by atoms with van der Waals surface area (Å²) in [6.07, 6.45) is 5.38. The lowest BCUT2D eigenvalue weighted by atomic mass is 9.70. The number of aliphatic hydroxyl groups is 1. The molecule has 1 spiro atoms. The van der Waals surface area contributed by atoms with Gasteiger partial charge in [0.2, 0.25) is 17.7 Å². The summed E-state index contributed by atoms with van der Waals surface area (Å²) in [5.41, 5.74) is 0. The predicted molar refractivity (Wildman–Crippen MR) is 139 cm³/mol. The fourth-order valence-corrected chi connectivity index (χ4v) is 8.65. The minimum atomic E-state index is -0.635. The second kappa shape index (κ2) is 11.7. The molecule has 4 heterocycles. The van der Waals surface area contributed by atoms with Crippen molar-refractivity contribution in [3.63, 3.8) is 0 Å². The summed E-state index contributed by atoms with van der Waals surface area (Å²) in [7, 11) is 1.75. The zero-order valence-electron chi connectivity index (χ0n) is 21.3. The highest BCUT2D eigenvalue weighted by Gasteiger charge is 2.73. The van der Waals surface area contributed by atoms with E-state index >= 15 is 0 Å². The number of fused-ring (bicyclic) bond motifs is 1. The molecule has 0 saturated carbocycles. The van der Waals surface area contributed by atoms with E-state index in [0.717, 1.165) is 32.5 Å². The third-order valence-electron chi connectivity index (χ3n) is 8.11. The zero-order valence-corrected chi connectivity index (χ0v) is 22.2. The maximum atomic E-state index is 14.2. The van der Waals surface area contributed by atoms with Crippen molar-refractivity contribution in [1.82, 2.24) is 19.6 Å². The number of hydrogen-bond donors (Lipinski definition) is 1. The quantitative estimate of drug-likeness (QED) is 0.374. The molecule has 0 radical (unpaired) electrons. The normalized spacial score (nSPS) is 31.4. The van der Waals surface area contributed by atoms with E-state index in [1.807, 2.05) is 4.90 Å². The number of likely N-dealkylation sites (tertiary alicyclic amines) is 1. The Morgan fingerprint density at radius 3 is 2.58 bits per heavy atom. The number of nitrogens with zero attached hydrogens (tertiary/aromatic N) is 4. The number of rotatable bonds is 12. The number of morpholine rings is 1. The summed E-state index contributed by atoms with van der Waals surface area (Å²) in [5, 5.41) is 9.56. The largest absolute Gasteiger partial charge is 0.396 e. The molecule has 4 saturated heterocycles. The van der Waals surface area contributed by atoms with Gasteiger partial charge in [0.25, 0.3) is 0 Å². The molecule has 4 aliphatic heterocycles. The van der Waals surface area contributed by atoms with Crippen molar-refractivity contribution in [3.8, 4) is 0 Å². The lowest BCUT2D eigenvalue weighted by molar-refractivity contribution is -0.144. The first kappa shape index (κ1) is 27.2. The van der Waals surface area contributed by atoms with Crippen molar-refractivity contribution in [2.75, 3.05) is 72.7 Å². The molecule has 2 unspecified atom stereocenters. The maximum Gasteiger partial charge on any atom is 0.247 e. The molecule has 1 N–H and O–H groups in total. The molecule has 5 atom stereocenters. The first-order chi connectivity index (χ1) is 17.4. The monoisotopic (exact) mass is 520 g/mol. The number of thioether (sulfide) groups is 1. The molecular weight excluding hydrogens is 480 g/mol. The fourth-order valence-electron chi connectivity index (χ4n) is 6.44. The first-order valence-corrected chi connectivity index (χ1v) is 13.9. The van der Waals surface area contributed by atoms with Crippen molar-refractivity contribution >= 4 is 29.5 Å². The van der Waals surface area contributed by atoms with Gasteiger partial charge in [-0.05, 0) is 19.3 Å². The van der Waals surface area contributed by atoms with E-state index in [1.54, 1.807) is 40.8 Å². The van der Waals surface area contributed by atoms with E-state index in [2.05, 4.69) is 18.1 Å². The van der Waals surface area contributed by atoms with Gasteiger partial charge in [0.1, 0.15) is 6.04 Å². The Balaban J connectivity index is 1.61. The van der Waals surface area contributed by atoms with Crippen LogP contribution < -0.4 is 0 Å². The van der Waals surface area contributed by atoms with Crippen molar-refractivity contribution in [2.45, 2.75) is 35.3 Å². The van der Waals surface area contributed by atoms with E-state index in [9.17, 15) is 19.5 Å². The first-order valence-electron chi connectivity index (χ1n) is 13.0. The van der Waals surface area contributed by atoms with Gasteiger partial charge in [-0.3, -0.25) is 19.3 Å². The van der Waals surface area contributed by atoms with Crippen molar-refractivity contribution < 1.29 is 24.2 Å². The minimum absolute atomic E-state index is 0.0372. The molecule has 200 valence electrons. The summed E-state index contributed by atoms with van der Waals surface area (Å²) in [6, 6.07) is -0.635. The maximum absolute atomic E-state index is 14.2. The number of carbonyl (C=O) groups is 3. The molecule has 0 aromatic heterocycles. The van der Waals surface area contributed by atoms with Crippen LogP contribution in [0.4, 0.5) is 0 Å². The van der Waals surface area contributed by atoms with Gasteiger partial charge in [-0.1, -0.05) is 12.2 Å². The topological polar surface area (TPSA) is 93.6 Å². The van der Waals surface area contributed by atoms with Gasteiger partial charge >= 0.3 is 0 Å².